The summed E-state index contributed by atoms with van der Waals surface area (Å²) in [6.07, 6.45) is 0. The van der Waals surface area contributed by atoms with E-state index in [1.165, 1.54) is 36.4 Å². The van der Waals surface area contributed by atoms with Gasteiger partial charge in [0.25, 0.3) is 0 Å². The molecule has 2 aromatic carbocycles. The monoisotopic (exact) mass is 258 g/mol. The number of amides is 1. The number of hydrogen-bond acceptors (Lipinski definition) is 3. The Bertz CT molecular complexity index is 668. The predicted octanol–water partition coefficient (Wildman–Crippen LogP) is 1.74. The molecule has 0 atom stereocenters. The summed E-state index contributed by atoms with van der Waals surface area (Å²) in [6.45, 7) is 0. The fourth-order valence-corrected chi connectivity index (χ4v) is 1.81. The maximum atomic E-state index is 13.6. The number of primary amides is 1. The first-order chi connectivity index (χ1) is 9.02. The van der Waals surface area contributed by atoms with E-state index in [0.29, 0.717) is 0 Å². The van der Waals surface area contributed by atoms with E-state index in [9.17, 15) is 14.0 Å². The molecule has 0 saturated heterocycles. The zero-order valence-electron chi connectivity index (χ0n) is 9.89. The summed E-state index contributed by atoms with van der Waals surface area (Å²) in [5.41, 5.74) is 10.7. The van der Waals surface area contributed by atoms with Gasteiger partial charge in [0.05, 0.1) is 16.7 Å². The van der Waals surface area contributed by atoms with Crippen molar-refractivity contribution in [3.63, 3.8) is 0 Å². The molecule has 1 amide bonds. The lowest BCUT2D eigenvalue weighted by atomic mass is 9.96. The van der Waals surface area contributed by atoms with Gasteiger partial charge in [-0.2, -0.15) is 0 Å². The molecule has 0 aliphatic heterocycles. The summed E-state index contributed by atoms with van der Waals surface area (Å²) in [7, 11) is 0. The Kier molecular flexibility index (Phi) is 3.29. The molecular weight excluding hydrogens is 247 g/mol. The lowest BCUT2D eigenvalue weighted by molar-refractivity contribution is 0.0980. The van der Waals surface area contributed by atoms with Crippen LogP contribution in [-0.2, 0) is 0 Å². The van der Waals surface area contributed by atoms with E-state index >= 15 is 0 Å². The Labute approximate surface area is 108 Å². The van der Waals surface area contributed by atoms with Crippen molar-refractivity contribution < 1.29 is 14.0 Å². The number of ketones is 1. The average Bonchev–Trinajstić information content (AvgIpc) is 2.38. The van der Waals surface area contributed by atoms with Crippen LogP contribution in [0.2, 0.25) is 0 Å². The molecule has 4 nitrogen and oxygen atoms in total. The van der Waals surface area contributed by atoms with Gasteiger partial charge in [0, 0.05) is 5.69 Å². The number of anilines is 1. The summed E-state index contributed by atoms with van der Waals surface area (Å²) in [5.74, 6) is -2.12. The molecule has 4 N–H and O–H groups in total. The van der Waals surface area contributed by atoms with Gasteiger partial charge in [-0.15, -0.1) is 0 Å². The quantitative estimate of drug-likeness (QED) is 0.649. The minimum atomic E-state index is -0.785. The maximum Gasteiger partial charge on any atom is 0.249 e. The van der Waals surface area contributed by atoms with Gasteiger partial charge in [-0.05, 0) is 24.3 Å². The van der Waals surface area contributed by atoms with Crippen LogP contribution in [0.4, 0.5) is 10.1 Å². The minimum Gasteiger partial charge on any atom is -0.398 e. The van der Waals surface area contributed by atoms with Gasteiger partial charge in [-0.1, -0.05) is 18.2 Å². The van der Waals surface area contributed by atoms with Crippen molar-refractivity contribution in [3.8, 4) is 0 Å². The molecule has 2 aromatic rings. The molecule has 0 bridgehead atoms. The molecule has 0 heterocycles. The first kappa shape index (κ1) is 12.8. The van der Waals surface area contributed by atoms with Crippen LogP contribution >= 0.6 is 0 Å². The van der Waals surface area contributed by atoms with Crippen LogP contribution in [0.1, 0.15) is 26.3 Å². The summed E-state index contributed by atoms with van der Waals surface area (Å²) >= 11 is 0. The van der Waals surface area contributed by atoms with Crippen LogP contribution in [0.5, 0.6) is 0 Å². The molecule has 0 unspecified atom stereocenters. The van der Waals surface area contributed by atoms with Gasteiger partial charge in [0.15, 0.2) is 5.78 Å². The Morgan fingerprint density at radius 3 is 2.21 bits per heavy atom. The summed E-state index contributed by atoms with van der Waals surface area (Å²) in [6, 6.07) is 9.83. The van der Waals surface area contributed by atoms with Crippen molar-refractivity contribution in [1.29, 1.82) is 0 Å². The van der Waals surface area contributed by atoms with Crippen molar-refractivity contribution in [1.82, 2.24) is 0 Å². The molecule has 0 aromatic heterocycles. The summed E-state index contributed by atoms with van der Waals surface area (Å²) in [4.78, 5) is 23.6. The number of carbonyl (C=O) groups is 2. The first-order valence-electron chi connectivity index (χ1n) is 5.50. The van der Waals surface area contributed by atoms with Crippen molar-refractivity contribution >= 4 is 17.4 Å². The normalized spacial score (nSPS) is 10.2. The van der Waals surface area contributed by atoms with Crippen LogP contribution in [0.3, 0.4) is 0 Å². The number of nitrogen functional groups attached to an aromatic ring is 1. The van der Waals surface area contributed by atoms with E-state index in [1.54, 1.807) is 0 Å². The standard InChI is InChI=1S/C14H11FN2O2/c15-10-6-2-1-4-8(10)13(18)12-9(14(17)19)5-3-7-11(12)16/h1-7H,16H2,(H2,17,19). The van der Waals surface area contributed by atoms with E-state index in [-0.39, 0.29) is 22.4 Å². The number of benzene rings is 2. The van der Waals surface area contributed by atoms with Gasteiger partial charge in [0.2, 0.25) is 5.91 Å². The fourth-order valence-electron chi connectivity index (χ4n) is 1.81. The number of hydrogen-bond donors (Lipinski definition) is 2. The van der Waals surface area contributed by atoms with Crippen molar-refractivity contribution in [2.75, 3.05) is 5.73 Å². The molecule has 2 rings (SSSR count). The SMILES string of the molecule is NC(=O)c1cccc(N)c1C(=O)c1ccccc1F. The van der Waals surface area contributed by atoms with Gasteiger partial charge in [-0.25, -0.2) is 4.39 Å². The van der Waals surface area contributed by atoms with Crippen LogP contribution < -0.4 is 11.5 Å². The molecule has 0 saturated carbocycles. The molecule has 5 heteroatoms. The topological polar surface area (TPSA) is 86.2 Å². The maximum absolute atomic E-state index is 13.6. The highest BCUT2D eigenvalue weighted by molar-refractivity contribution is 6.18. The van der Waals surface area contributed by atoms with Gasteiger partial charge < -0.3 is 11.5 Å². The zero-order chi connectivity index (χ0) is 14.0. The van der Waals surface area contributed by atoms with Crippen molar-refractivity contribution in [3.05, 3.63) is 65.0 Å². The van der Waals surface area contributed by atoms with E-state index in [0.717, 1.165) is 6.07 Å². The molecule has 19 heavy (non-hydrogen) atoms. The predicted molar refractivity (Wildman–Crippen MR) is 69.2 cm³/mol. The third-order valence-corrected chi connectivity index (χ3v) is 2.71. The average molecular weight is 258 g/mol. The highest BCUT2D eigenvalue weighted by Crippen LogP contribution is 2.22. The molecular formula is C14H11FN2O2. The second kappa shape index (κ2) is 4.89. The number of carbonyl (C=O) groups excluding carboxylic acids is 2. The molecule has 0 spiro atoms. The summed E-state index contributed by atoms with van der Waals surface area (Å²) in [5, 5.41) is 0. The van der Waals surface area contributed by atoms with E-state index in [1.807, 2.05) is 0 Å². The van der Waals surface area contributed by atoms with E-state index < -0.39 is 17.5 Å². The highest BCUT2D eigenvalue weighted by Gasteiger charge is 2.21. The Morgan fingerprint density at radius 1 is 0.947 bits per heavy atom. The van der Waals surface area contributed by atoms with Crippen molar-refractivity contribution in [2.45, 2.75) is 0 Å². The van der Waals surface area contributed by atoms with Crippen LogP contribution in [0.15, 0.2) is 42.5 Å². The van der Waals surface area contributed by atoms with E-state index in [4.69, 9.17) is 11.5 Å². The Balaban J connectivity index is 2.63. The van der Waals surface area contributed by atoms with Crippen molar-refractivity contribution in [2.24, 2.45) is 5.73 Å². The Morgan fingerprint density at radius 2 is 1.58 bits per heavy atom. The van der Waals surface area contributed by atoms with Crippen LogP contribution in [0, 0.1) is 5.82 Å². The van der Waals surface area contributed by atoms with Gasteiger partial charge >= 0.3 is 0 Å². The second-order valence-corrected chi connectivity index (χ2v) is 3.94. The smallest absolute Gasteiger partial charge is 0.249 e. The molecule has 0 aliphatic rings. The van der Waals surface area contributed by atoms with Crippen LogP contribution in [-0.4, -0.2) is 11.7 Å². The largest absolute Gasteiger partial charge is 0.398 e. The molecule has 96 valence electrons. The number of rotatable bonds is 3. The number of halogens is 1. The molecule has 0 fully saturated rings. The zero-order valence-corrected chi connectivity index (χ0v) is 9.89. The summed E-state index contributed by atoms with van der Waals surface area (Å²) < 4.78 is 13.6. The lowest BCUT2D eigenvalue weighted by Gasteiger charge is -2.09. The van der Waals surface area contributed by atoms with Gasteiger partial charge in [0.1, 0.15) is 5.82 Å². The Hall–Kier alpha value is -2.69. The fraction of sp³-hybridized carbons (Fsp3) is 0. The van der Waals surface area contributed by atoms with Gasteiger partial charge in [-0.3, -0.25) is 9.59 Å². The molecule has 0 aliphatic carbocycles. The third-order valence-electron chi connectivity index (χ3n) is 2.71. The highest BCUT2D eigenvalue weighted by atomic mass is 19.1. The first-order valence-corrected chi connectivity index (χ1v) is 5.50. The minimum absolute atomic E-state index is 0.0201. The van der Waals surface area contributed by atoms with E-state index in [2.05, 4.69) is 0 Å². The van der Waals surface area contributed by atoms with Crippen LogP contribution in [0.25, 0.3) is 0 Å². The second-order valence-electron chi connectivity index (χ2n) is 3.94. The third kappa shape index (κ3) is 2.30. The molecule has 0 radical (unpaired) electrons. The number of nitrogens with two attached hydrogens (primary N) is 2. The lowest BCUT2D eigenvalue weighted by Crippen LogP contribution is -2.19.